The lowest BCUT2D eigenvalue weighted by Crippen LogP contribution is -2.50. The Labute approximate surface area is 180 Å². The number of hydrogen-bond donors (Lipinski definition) is 4. The smallest absolute Gasteiger partial charge is 0.333 e. The monoisotopic (exact) mass is 429 g/mol. The number of benzene rings is 2. The van der Waals surface area contributed by atoms with E-state index in [1.54, 1.807) is 24.3 Å². The summed E-state index contributed by atoms with van der Waals surface area (Å²) < 4.78 is 10.5. The van der Waals surface area contributed by atoms with Gasteiger partial charge in [-0.2, -0.15) is 0 Å². The maximum atomic E-state index is 12.9. The molecule has 1 aliphatic heterocycles. The predicted octanol–water partition coefficient (Wildman–Crippen LogP) is 1.54. The van der Waals surface area contributed by atoms with Crippen molar-refractivity contribution in [3.63, 3.8) is 0 Å². The van der Waals surface area contributed by atoms with Gasteiger partial charge in [0.05, 0.1) is 19.8 Å². The molecule has 0 bridgehead atoms. The molecule has 3 rings (SSSR count). The third-order valence-electron chi connectivity index (χ3n) is 5.38. The zero-order chi connectivity index (χ0) is 22.4. The van der Waals surface area contributed by atoms with E-state index in [2.05, 4.69) is 5.32 Å². The van der Waals surface area contributed by atoms with Crippen molar-refractivity contribution in [2.75, 3.05) is 20.3 Å². The van der Waals surface area contributed by atoms with Crippen molar-refractivity contribution in [1.29, 1.82) is 0 Å². The van der Waals surface area contributed by atoms with Crippen LogP contribution >= 0.6 is 0 Å². The van der Waals surface area contributed by atoms with Crippen LogP contribution in [0, 0.1) is 0 Å². The van der Waals surface area contributed by atoms with Crippen LogP contribution in [0.2, 0.25) is 0 Å². The minimum Gasteiger partial charge on any atom is -0.508 e. The molecule has 31 heavy (non-hydrogen) atoms. The maximum absolute atomic E-state index is 12.9. The number of aliphatic hydroxyl groups is 2. The van der Waals surface area contributed by atoms with E-state index in [-0.39, 0.29) is 25.4 Å². The van der Waals surface area contributed by atoms with Gasteiger partial charge in [0, 0.05) is 13.0 Å². The third kappa shape index (κ3) is 5.41. The number of amides is 1. The summed E-state index contributed by atoms with van der Waals surface area (Å²) in [7, 11) is 1.23. The van der Waals surface area contributed by atoms with Crippen LogP contribution in [0.5, 0.6) is 5.75 Å². The first-order chi connectivity index (χ1) is 14.9. The SMILES string of the molecule is COC(=O)[C@@H](NC(=O)C1(O)COC(c2ccc(O)cc2)C1)c1ccc(CCCO)cc1. The number of hydrogen-bond acceptors (Lipinski definition) is 7. The quantitative estimate of drug-likeness (QED) is 0.469. The molecule has 8 heteroatoms. The molecule has 2 aromatic carbocycles. The Kier molecular flexibility index (Phi) is 7.27. The molecule has 1 fully saturated rings. The molecule has 0 spiro atoms. The molecular formula is C23H27NO7. The van der Waals surface area contributed by atoms with Gasteiger partial charge in [-0.15, -0.1) is 0 Å². The second-order valence-electron chi connectivity index (χ2n) is 7.63. The highest BCUT2D eigenvalue weighted by Crippen LogP contribution is 2.36. The number of ether oxygens (including phenoxy) is 2. The Morgan fingerprint density at radius 1 is 1.19 bits per heavy atom. The highest BCUT2D eigenvalue weighted by Gasteiger charge is 2.46. The van der Waals surface area contributed by atoms with Crippen LogP contribution in [0.1, 0.15) is 41.7 Å². The fourth-order valence-electron chi connectivity index (χ4n) is 3.55. The van der Waals surface area contributed by atoms with Gasteiger partial charge in [0.15, 0.2) is 11.6 Å². The van der Waals surface area contributed by atoms with E-state index in [1.807, 2.05) is 12.1 Å². The average Bonchev–Trinajstić information content (AvgIpc) is 3.19. The van der Waals surface area contributed by atoms with Gasteiger partial charge >= 0.3 is 5.97 Å². The molecule has 2 aromatic rings. The molecule has 4 N–H and O–H groups in total. The van der Waals surface area contributed by atoms with Crippen LogP contribution < -0.4 is 5.32 Å². The summed E-state index contributed by atoms with van der Waals surface area (Å²) in [6.07, 6.45) is 0.823. The standard InChI is InChI=1S/C23H27NO7/c1-30-21(27)20(17-6-4-15(5-7-17)3-2-12-25)24-22(28)23(29)13-19(31-14-23)16-8-10-18(26)11-9-16/h4-11,19-20,25-26,29H,2-3,12-14H2,1H3,(H,24,28)/t19?,20-,23?/m0/s1. The normalized spacial score (nSPS) is 21.5. The molecule has 166 valence electrons. The van der Waals surface area contributed by atoms with Crippen LogP contribution in [0.25, 0.3) is 0 Å². The van der Waals surface area contributed by atoms with Crippen LogP contribution in [-0.4, -0.2) is 53.1 Å². The lowest BCUT2D eigenvalue weighted by molar-refractivity contribution is -0.149. The number of nitrogens with one attached hydrogen (secondary N) is 1. The molecule has 1 aliphatic rings. The Bertz CT molecular complexity index is 897. The average molecular weight is 429 g/mol. The number of phenolic OH excluding ortho intramolecular Hbond substituents is 1. The van der Waals surface area contributed by atoms with Crippen LogP contribution in [0.3, 0.4) is 0 Å². The number of carbonyl (C=O) groups excluding carboxylic acids is 2. The van der Waals surface area contributed by atoms with Gasteiger partial charge < -0.3 is 30.1 Å². The molecule has 0 aromatic heterocycles. The van der Waals surface area contributed by atoms with Gasteiger partial charge in [-0.05, 0) is 41.7 Å². The molecule has 2 unspecified atom stereocenters. The van der Waals surface area contributed by atoms with Crippen molar-refractivity contribution < 1.29 is 34.4 Å². The Morgan fingerprint density at radius 2 is 1.87 bits per heavy atom. The molecule has 1 amide bonds. The van der Waals surface area contributed by atoms with Crippen molar-refractivity contribution in [3.8, 4) is 5.75 Å². The summed E-state index contributed by atoms with van der Waals surface area (Å²) in [5.41, 5.74) is 0.429. The summed E-state index contributed by atoms with van der Waals surface area (Å²) >= 11 is 0. The Hall–Kier alpha value is -2.94. The van der Waals surface area contributed by atoms with Crippen molar-refractivity contribution in [3.05, 3.63) is 65.2 Å². The largest absolute Gasteiger partial charge is 0.508 e. The number of carbonyl (C=O) groups is 2. The van der Waals surface area contributed by atoms with Crippen LogP contribution in [0.4, 0.5) is 0 Å². The second-order valence-corrected chi connectivity index (χ2v) is 7.63. The number of phenols is 1. The second kappa shape index (κ2) is 9.91. The maximum Gasteiger partial charge on any atom is 0.333 e. The first-order valence-electron chi connectivity index (χ1n) is 10.1. The molecule has 1 heterocycles. The summed E-state index contributed by atoms with van der Waals surface area (Å²) in [5.74, 6) is -1.28. The van der Waals surface area contributed by atoms with E-state index < -0.39 is 29.6 Å². The third-order valence-corrected chi connectivity index (χ3v) is 5.38. The van der Waals surface area contributed by atoms with Gasteiger partial charge in [-0.3, -0.25) is 4.79 Å². The van der Waals surface area contributed by atoms with Gasteiger partial charge in [-0.25, -0.2) is 4.79 Å². The van der Waals surface area contributed by atoms with Gasteiger partial charge in [0.1, 0.15) is 5.75 Å². The van der Waals surface area contributed by atoms with Crippen molar-refractivity contribution in [1.82, 2.24) is 5.32 Å². The van der Waals surface area contributed by atoms with E-state index in [0.29, 0.717) is 18.4 Å². The summed E-state index contributed by atoms with van der Waals surface area (Å²) in [4.78, 5) is 25.2. The molecule has 3 atom stereocenters. The predicted molar refractivity (Wildman–Crippen MR) is 111 cm³/mol. The lowest BCUT2D eigenvalue weighted by Gasteiger charge is -2.24. The minimum atomic E-state index is -1.81. The molecule has 0 saturated carbocycles. The van der Waals surface area contributed by atoms with Gasteiger partial charge in [0.25, 0.3) is 5.91 Å². The zero-order valence-corrected chi connectivity index (χ0v) is 17.3. The number of rotatable bonds is 8. The topological polar surface area (TPSA) is 125 Å². The Morgan fingerprint density at radius 3 is 2.48 bits per heavy atom. The van der Waals surface area contributed by atoms with Gasteiger partial charge in [-0.1, -0.05) is 36.4 Å². The summed E-state index contributed by atoms with van der Waals surface area (Å²) in [6, 6.07) is 12.3. The van der Waals surface area contributed by atoms with Crippen LogP contribution in [-0.2, 0) is 25.5 Å². The van der Waals surface area contributed by atoms with Crippen molar-refractivity contribution >= 4 is 11.9 Å². The molecule has 0 radical (unpaired) electrons. The van der Waals surface area contributed by atoms with E-state index >= 15 is 0 Å². The fourth-order valence-corrected chi connectivity index (χ4v) is 3.55. The van der Waals surface area contributed by atoms with Crippen LogP contribution in [0.15, 0.2) is 48.5 Å². The van der Waals surface area contributed by atoms with E-state index in [0.717, 1.165) is 11.1 Å². The number of methoxy groups -OCH3 is 1. The number of aryl methyl sites for hydroxylation is 1. The highest BCUT2D eigenvalue weighted by atomic mass is 16.5. The van der Waals surface area contributed by atoms with Crippen molar-refractivity contribution in [2.45, 2.75) is 37.0 Å². The summed E-state index contributed by atoms with van der Waals surface area (Å²) in [6.45, 7) is -0.132. The number of aromatic hydroxyl groups is 1. The first kappa shape index (κ1) is 22.7. The van der Waals surface area contributed by atoms with Crippen molar-refractivity contribution in [2.24, 2.45) is 0 Å². The van der Waals surface area contributed by atoms with Gasteiger partial charge in [0.2, 0.25) is 0 Å². The number of aliphatic hydroxyl groups excluding tert-OH is 1. The lowest BCUT2D eigenvalue weighted by atomic mass is 9.94. The first-order valence-corrected chi connectivity index (χ1v) is 10.1. The molecule has 0 aliphatic carbocycles. The highest BCUT2D eigenvalue weighted by molar-refractivity contribution is 5.90. The van der Waals surface area contributed by atoms with E-state index in [1.165, 1.54) is 19.2 Å². The zero-order valence-electron chi connectivity index (χ0n) is 17.3. The van der Waals surface area contributed by atoms with E-state index in [9.17, 15) is 19.8 Å². The molecule has 1 saturated heterocycles. The number of esters is 1. The molecule has 8 nitrogen and oxygen atoms in total. The molecular weight excluding hydrogens is 402 g/mol. The summed E-state index contributed by atoms with van der Waals surface area (Å²) in [5, 5.41) is 31.8. The Balaban J connectivity index is 1.71. The van der Waals surface area contributed by atoms with E-state index in [4.69, 9.17) is 14.6 Å². The fraction of sp³-hybridized carbons (Fsp3) is 0.391. The minimum absolute atomic E-state index is 0.0115.